The highest BCUT2D eigenvalue weighted by atomic mass is 19.1. The van der Waals surface area contributed by atoms with Gasteiger partial charge in [-0.1, -0.05) is 18.2 Å². The monoisotopic (exact) mass is 408 g/mol. The third kappa shape index (κ3) is 4.11. The van der Waals surface area contributed by atoms with Gasteiger partial charge in [-0.05, 0) is 50.7 Å². The molecular formula is C24H29FN4O. The predicted molar refractivity (Wildman–Crippen MR) is 118 cm³/mol. The number of hydrogen-bond acceptors (Lipinski definition) is 4. The number of nitrogens with zero attached hydrogens (tertiary/aromatic N) is 4. The lowest BCUT2D eigenvalue weighted by Crippen LogP contribution is -2.49. The first-order valence-electron chi connectivity index (χ1n) is 10.4. The minimum Gasteiger partial charge on any atom is -0.494 e. The van der Waals surface area contributed by atoms with Crippen LogP contribution in [0.15, 0.2) is 48.7 Å². The van der Waals surface area contributed by atoms with Crippen LogP contribution in [0.25, 0.3) is 16.9 Å². The molecule has 5 nitrogen and oxygen atoms in total. The molecule has 1 fully saturated rings. The van der Waals surface area contributed by atoms with E-state index in [1.54, 1.807) is 6.07 Å². The van der Waals surface area contributed by atoms with Gasteiger partial charge in [-0.2, -0.15) is 5.10 Å². The summed E-state index contributed by atoms with van der Waals surface area (Å²) < 4.78 is 21.4. The fraction of sp³-hybridized carbons (Fsp3) is 0.375. The molecule has 4 rings (SSSR count). The number of ether oxygens (including phenoxy) is 1. The average molecular weight is 409 g/mol. The van der Waals surface area contributed by atoms with Gasteiger partial charge < -0.3 is 9.64 Å². The fourth-order valence-corrected chi connectivity index (χ4v) is 4.03. The molecule has 0 aliphatic carbocycles. The third-order valence-electron chi connectivity index (χ3n) is 6.02. The van der Waals surface area contributed by atoms with Gasteiger partial charge >= 0.3 is 0 Å². The normalized spacial score (nSPS) is 18.0. The molecule has 0 saturated carbocycles. The van der Waals surface area contributed by atoms with Crippen molar-refractivity contribution in [3.05, 3.63) is 65.6 Å². The molecule has 158 valence electrons. The van der Waals surface area contributed by atoms with Gasteiger partial charge in [-0.3, -0.25) is 4.90 Å². The van der Waals surface area contributed by atoms with Crippen molar-refractivity contribution in [2.24, 2.45) is 0 Å². The first-order valence-corrected chi connectivity index (χ1v) is 10.4. The van der Waals surface area contributed by atoms with Crippen molar-refractivity contribution in [3.8, 4) is 22.7 Å². The lowest BCUT2D eigenvalue weighted by Gasteiger charge is -2.37. The van der Waals surface area contributed by atoms with E-state index in [1.807, 2.05) is 22.9 Å². The number of aromatic nitrogens is 2. The molecule has 3 aromatic rings. The number of hydrogen-bond donors (Lipinski definition) is 0. The van der Waals surface area contributed by atoms with E-state index >= 15 is 0 Å². The number of para-hydroxylation sites is 1. The van der Waals surface area contributed by atoms with Gasteiger partial charge in [0.2, 0.25) is 0 Å². The van der Waals surface area contributed by atoms with Crippen LogP contribution in [0.5, 0.6) is 5.75 Å². The Morgan fingerprint density at radius 3 is 2.67 bits per heavy atom. The van der Waals surface area contributed by atoms with Crippen molar-refractivity contribution >= 4 is 0 Å². The second kappa shape index (κ2) is 8.58. The molecular weight excluding hydrogens is 379 g/mol. The fourth-order valence-electron chi connectivity index (χ4n) is 4.03. The molecule has 0 radical (unpaired) electrons. The summed E-state index contributed by atoms with van der Waals surface area (Å²) in [4.78, 5) is 4.83. The Balaban J connectivity index is 1.73. The highest BCUT2D eigenvalue weighted by Gasteiger charge is 2.23. The summed E-state index contributed by atoms with van der Waals surface area (Å²) in [5.74, 6) is -0.133. The van der Waals surface area contributed by atoms with Crippen LogP contribution >= 0.6 is 0 Å². The summed E-state index contributed by atoms with van der Waals surface area (Å²) in [6, 6.07) is 13.7. The maximum atomic E-state index is 14.4. The van der Waals surface area contributed by atoms with Crippen LogP contribution in [0.2, 0.25) is 0 Å². The molecule has 6 heteroatoms. The van der Waals surface area contributed by atoms with E-state index in [9.17, 15) is 4.39 Å². The van der Waals surface area contributed by atoms with Crippen molar-refractivity contribution in [1.29, 1.82) is 0 Å². The van der Waals surface area contributed by atoms with Gasteiger partial charge in [0.1, 0.15) is 0 Å². The molecule has 1 aliphatic heterocycles. The first kappa shape index (κ1) is 20.6. The highest BCUT2D eigenvalue weighted by molar-refractivity contribution is 5.64. The van der Waals surface area contributed by atoms with Crippen LogP contribution < -0.4 is 4.74 Å². The smallest absolute Gasteiger partial charge is 0.165 e. The molecule has 2 heterocycles. The van der Waals surface area contributed by atoms with E-state index in [1.165, 1.54) is 13.2 Å². The number of halogens is 1. The number of aryl methyl sites for hydroxylation is 1. The molecule has 1 aromatic heterocycles. The summed E-state index contributed by atoms with van der Waals surface area (Å²) in [6.07, 6.45) is 2.09. The largest absolute Gasteiger partial charge is 0.494 e. The van der Waals surface area contributed by atoms with Crippen LogP contribution in [0.4, 0.5) is 4.39 Å². The van der Waals surface area contributed by atoms with Gasteiger partial charge in [0, 0.05) is 49.5 Å². The third-order valence-corrected chi connectivity index (χ3v) is 6.02. The topological polar surface area (TPSA) is 33.5 Å². The summed E-state index contributed by atoms with van der Waals surface area (Å²) >= 11 is 0. The molecule has 0 amide bonds. The standard InChI is InChI=1S/C24H29FN4O/c1-17-7-5-6-8-22(17)29-16-20(15-28-12-11-27(3)18(2)14-28)24(26-29)19-9-10-23(30-4)21(25)13-19/h5-10,13,16,18H,11-12,14-15H2,1-4H3. The lowest BCUT2D eigenvalue weighted by molar-refractivity contribution is 0.100. The molecule has 1 unspecified atom stereocenters. The zero-order chi connectivity index (χ0) is 21.3. The second-order valence-corrected chi connectivity index (χ2v) is 8.15. The Bertz CT molecular complexity index is 1030. The van der Waals surface area contributed by atoms with Gasteiger partial charge in [0.25, 0.3) is 0 Å². The SMILES string of the molecule is COc1ccc(-c2nn(-c3ccccc3C)cc2CN2CCN(C)C(C)C2)cc1F. The molecule has 30 heavy (non-hydrogen) atoms. The molecule has 1 aliphatic rings. The predicted octanol–water partition coefficient (Wildman–Crippen LogP) is 4.13. The second-order valence-electron chi connectivity index (χ2n) is 8.15. The zero-order valence-electron chi connectivity index (χ0n) is 18.1. The van der Waals surface area contributed by atoms with Gasteiger partial charge in [-0.15, -0.1) is 0 Å². The lowest BCUT2D eigenvalue weighted by atomic mass is 10.1. The summed E-state index contributed by atoms with van der Waals surface area (Å²) in [5.41, 5.74) is 4.85. The van der Waals surface area contributed by atoms with E-state index in [4.69, 9.17) is 9.84 Å². The van der Waals surface area contributed by atoms with Crippen LogP contribution in [0.3, 0.4) is 0 Å². The van der Waals surface area contributed by atoms with Crippen molar-refractivity contribution in [1.82, 2.24) is 19.6 Å². The van der Waals surface area contributed by atoms with Crippen molar-refractivity contribution in [3.63, 3.8) is 0 Å². The Hall–Kier alpha value is -2.70. The summed E-state index contributed by atoms with van der Waals surface area (Å²) in [6.45, 7) is 8.16. The Labute approximate surface area is 177 Å². The van der Waals surface area contributed by atoms with Gasteiger partial charge in [-0.25, -0.2) is 9.07 Å². The van der Waals surface area contributed by atoms with Crippen molar-refractivity contribution < 1.29 is 9.13 Å². The zero-order valence-corrected chi connectivity index (χ0v) is 18.1. The molecule has 0 N–H and O–H groups in total. The van der Waals surface area contributed by atoms with Crippen LogP contribution in [0.1, 0.15) is 18.1 Å². The minimum absolute atomic E-state index is 0.242. The Kier molecular flexibility index (Phi) is 5.88. The molecule has 0 spiro atoms. The van der Waals surface area contributed by atoms with E-state index < -0.39 is 0 Å². The maximum Gasteiger partial charge on any atom is 0.165 e. The number of methoxy groups -OCH3 is 1. The van der Waals surface area contributed by atoms with Crippen molar-refractivity contribution in [2.45, 2.75) is 26.4 Å². The molecule has 2 aromatic carbocycles. The Morgan fingerprint density at radius 2 is 1.97 bits per heavy atom. The van der Waals surface area contributed by atoms with Crippen LogP contribution in [-0.2, 0) is 6.54 Å². The van der Waals surface area contributed by atoms with Crippen molar-refractivity contribution in [2.75, 3.05) is 33.8 Å². The summed E-state index contributed by atoms with van der Waals surface area (Å²) in [5, 5.41) is 4.88. The van der Waals surface area contributed by atoms with Gasteiger partial charge in [0.15, 0.2) is 11.6 Å². The van der Waals surface area contributed by atoms with E-state index in [2.05, 4.69) is 49.0 Å². The average Bonchev–Trinajstić information content (AvgIpc) is 3.14. The molecule has 1 saturated heterocycles. The Morgan fingerprint density at radius 1 is 1.17 bits per heavy atom. The van der Waals surface area contributed by atoms with E-state index in [-0.39, 0.29) is 11.6 Å². The number of benzene rings is 2. The summed E-state index contributed by atoms with van der Waals surface area (Å²) in [7, 11) is 3.65. The number of likely N-dealkylation sites (N-methyl/N-ethyl adjacent to an activating group) is 1. The quantitative estimate of drug-likeness (QED) is 0.636. The molecule has 0 bridgehead atoms. The minimum atomic E-state index is -0.375. The maximum absolute atomic E-state index is 14.4. The molecule has 1 atom stereocenters. The number of rotatable bonds is 5. The first-order chi connectivity index (χ1) is 14.5. The highest BCUT2D eigenvalue weighted by Crippen LogP contribution is 2.29. The number of piperazine rings is 1. The van der Waals surface area contributed by atoms with E-state index in [0.29, 0.717) is 6.04 Å². The van der Waals surface area contributed by atoms with E-state index in [0.717, 1.165) is 54.3 Å². The van der Waals surface area contributed by atoms with Crippen LogP contribution in [0, 0.1) is 12.7 Å². The van der Waals surface area contributed by atoms with Crippen LogP contribution in [-0.4, -0.2) is 59.4 Å². The van der Waals surface area contributed by atoms with Gasteiger partial charge in [0.05, 0.1) is 18.5 Å².